The average molecular weight is 465 g/mol. The van der Waals surface area contributed by atoms with Gasteiger partial charge in [0.05, 0.1) is 22.5 Å². The highest BCUT2D eigenvalue weighted by atomic mass is 16.2. The minimum absolute atomic E-state index is 0.111. The Morgan fingerprint density at radius 2 is 1.03 bits per heavy atom. The Labute approximate surface area is 199 Å². The smallest absolute Gasteiger partial charge is 0.224 e. The highest BCUT2D eigenvalue weighted by molar-refractivity contribution is 6.32. The molecule has 0 bridgehead atoms. The maximum atomic E-state index is 13.4. The Balaban J connectivity index is 1.90. The predicted octanol–water partition coefficient (Wildman–Crippen LogP) is 3.38. The van der Waals surface area contributed by atoms with Gasteiger partial charge in [0, 0.05) is 24.0 Å². The van der Waals surface area contributed by atoms with Gasteiger partial charge in [-0.25, -0.2) is 0 Å². The Bertz CT molecular complexity index is 996. The molecular formula is C26H32N4O4. The van der Waals surface area contributed by atoms with E-state index in [0.29, 0.717) is 25.9 Å². The summed E-state index contributed by atoms with van der Waals surface area (Å²) in [4.78, 5) is 51.8. The molecule has 0 unspecified atom stereocenters. The lowest BCUT2D eigenvalue weighted by Crippen LogP contribution is -2.26. The summed E-state index contributed by atoms with van der Waals surface area (Å²) < 4.78 is 0. The van der Waals surface area contributed by atoms with Crippen LogP contribution in [0.5, 0.6) is 0 Å². The molecule has 3 rings (SSSR count). The molecule has 0 atom stereocenters. The standard InChI is InChI=1S/C26H32N4O4/c27-15-7-1-3-11-21(31)29-19-13-14-20(30-22(32)12-4-2-8-16-28)24-23(19)25(33)17-9-5-6-10-18(17)26(24)34/h5-6,9-10,13-14H,1-4,7-8,11-12,15-16,27-28H2,(H,29,31)(H,30,32). The monoisotopic (exact) mass is 464 g/mol. The molecule has 8 nitrogen and oxygen atoms in total. The second kappa shape index (κ2) is 12.2. The van der Waals surface area contributed by atoms with Gasteiger partial charge < -0.3 is 22.1 Å². The topological polar surface area (TPSA) is 144 Å². The third-order valence-corrected chi connectivity index (χ3v) is 5.84. The van der Waals surface area contributed by atoms with E-state index in [2.05, 4.69) is 10.6 Å². The number of hydrogen-bond donors (Lipinski definition) is 4. The van der Waals surface area contributed by atoms with Crippen LogP contribution in [0.1, 0.15) is 83.2 Å². The summed E-state index contributed by atoms with van der Waals surface area (Å²) in [6, 6.07) is 9.72. The van der Waals surface area contributed by atoms with Gasteiger partial charge in [-0.1, -0.05) is 37.1 Å². The van der Waals surface area contributed by atoms with E-state index >= 15 is 0 Å². The van der Waals surface area contributed by atoms with Crippen molar-refractivity contribution in [2.24, 2.45) is 11.5 Å². The first-order valence-electron chi connectivity index (χ1n) is 11.8. The van der Waals surface area contributed by atoms with Crippen LogP contribution >= 0.6 is 0 Å². The fraction of sp³-hybridized carbons (Fsp3) is 0.385. The molecule has 8 heteroatoms. The van der Waals surface area contributed by atoms with Crippen molar-refractivity contribution in [3.63, 3.8) is 0 Å². The summed E-state index contributed by atoms with van der Waals surface area (Å²) in [7, 11) is 0. The minimum atomic E-state index is -0.359. The van der Waals surface area contributed by atoms with Gasteiger partial charge in [-0.15, -0.1) is 0 Å². The van der Waals surface area contributed by atoms with E-state index in [1.807, 2.05) is 0 Å². The van der Waals surface area contributed by atoms with Crippen LogP contribution in [0, 0.1) is 0 Å². The number of unbranched alkanes of at least 4 members (excludes halogenated alkanes) is 4. The number of carbonyl (C=O) groups excluding carboxylic acids is 4. The number of nitrogens with two attached hydrogens (primary N) is 2. The number of benzene rings is 2. The highest BCUT2D eigenvalue weighted by Gasteiger charge is 2.34. The SMILES string of the molecule is NCCCCCC(=O)Nc1ccc(NC(=O)CCCCCN)c2c1C(=O)c1ccccc1C2=O. The molecule has 2 aromatic rings. The van der Waals surface area contributed by atoms with Crippen LogP contribution in [0.15, 0.2) is 36.4 Å². The van der Waals surface area contributed by atoms with Crippen LogP contribution in [-0.4, -0.2) is 36.5 Å². The lowest BCUT2D eigenvalue weighted by atomic mass is 9.82. The summed E-state index contributed by atoms with van der Waals surface area (Å²) in [5.74, 6) is -1.20. The Morgan fingerprint density at radius 1 is 0.618 bits per heavy atom. The molecule has 0 spiro atoms. The van der Waals surface area contributed by atoms with E-state index in [1.165, 1.54) is 0 Å². The molecule has 0 radical (unpaired) electrons. The quantitative estimate of drug-likeness (QED) is 0.302. The normalized spacial score (nSPS) is 12.2. The first kappa shape index (κ1) is 25.3. The number of anilines is 2. The van der Waals surface area contributed by atoms with Crippen LogP contribution in [0.25, 0.3) is 0 Å². The summed E-state index contributed by atoms with van der Waals surface area (Å²) in [5.41, 5.74) is 12.3. The summed E-state index contributed by atoms with van der Waals surface area (Å²) >= 11 is 0. The first-order chi connectivity index (χ1) is 16.5. The maximum absolute atomic E-state index is 13.4. The molecular weight excluding hydrogens is 432 g/mol. The zero-order valence-corrected chi connectivity index (χ0v) is 19.3. The van der Waals surface area contributed by atoms with E-state index < -0.39 is 0 Å². The molecule has 0 heterocycles. The van der Waals surface area contributed by atoms with Crippen molar-refractivity contribution in [1.29, 1.82) is 0 Å². The molecule has 0 fully saturated rings. The fourth-order valence-electron chi connectivity index (χ4n) is 4.07. The van der Waals surface area contributed by atoms with Gasteiger partial charge in [0.25, 0.3) is 0 Å². The molecule has 1 aliphatic rings. The van der Waals surface area contributed by atoms with E-state index in [1.54, 1.807) is 36.4 Å². The van der Waals surface area contributed by atoms with Crippen molar-refractivity contribution >= 4 is 34.8 Å². The third kappa shape index (κ3) is 5.95. The van der Waals surface area contributed by atoms with Crippen LogP contribution in [0.2, 0.25) is 0 Å². The van der Waals surface area contributed by atoms with Gasteiger partial charge in [0.1, 0.15) is 0 Å². The third-order valence-electron chi connectivity index (χ3n) is 5.84. The van der Waals surface area contributed by atoms with Crippen LogP contribution in [0.3, 0.4) is 0 Å². The predicted molar refractivity (Wildman–Crippen MR) is 132 cm³/mol. The molecule has 0 aromatic heterocycles. The molecule has 2 amide bonds. The summed E-state index contributed by atoms with van der Waals surface area (Å²) in [5, 5.41) is 5.58. The van der Waals surface area contributed by atoms with E-state index in [0.717, 1.165) is 25.7 Å². The molecule has 34 heavy (non-hydrogen) atoms. The Morgan fingerprint density at radius 3 is 1.41 bits per heavy atom. The Kier molecular flexibility index (Phi) is 9.07. The number of nitrogens with one attached hydrogen (secondary N) is 2. The average Bonchev–Trinajstić information content (AvgIpc) is 2.84. The van der Waals surface area contributed by atoms with E-state index in [4.69, 9.17) is 11.5 Å². The van der Waals surface area contributed by atoms with Gasteiger partial charge in [-0.05, 0) is 50.9 Å². The van der Waals surface area contributed by atoms with Crippen molar-refractivity contribution in [3.05, 3.63) is 58.7 Å². The number of carbonyl (C=O) groups is 4. The second-order valence-electron chi connectivity index (χ2n) is 8.41. The number of fused-ring (bicyclic) bond motifs is 2. The number of rotatable bonds is 12. The largest absolute Gasteiger partial charge is 0.330 e. The lowest BCUT2D eigenvalue weighted by molar-refractivity contribution is -0.117. The molecule has 6 N–H and O–H groups in total. The maximum Gasteiger partial charge on any atom is 0.224 e. The van der Waals surface area contributed by atoms with Crippen molar-refractivity contribution in [1.82, 2.24) is 0 Å². The van der Waals surface area contributed by atoms with Gasteiger partial charge in [-0.2, -0.15) is 0 Å². The molecule has 0 aliphatic heterocycles. The number of hydrogen-bond acceptors (Lipinski definition) is 6. The molecule has 0 saturated heterocycles. The highest BCUT2D eigenvalue weighted by Crippen LogP contribution is 2.36. The van der Waals surface area contributed by atoms with Gasteiger partial charge in [0.15, 0.2) is 11.6 Å². The molecule has 1 aliphatic carbocycles. The zero-order chi connectivity index (χ0) is 24.5. The minimum Gasteiger partial charge on any atom is -0.330 e. The number of ketones is 2. The van der Waals surface area contributed by atoms with Crippen molar-refractivity contribution in [2.75, 3.05) is 23.7 Å². The van der Waals surface area contributed by atoms with E-state index in [9.17, 15) is 19.2 Å². The lowest BCUT2D eigenvalue weighted by Gasteiger charge is -2.23. The van der Waals surface area contributed by atoms with Crippen LogP contribution < -0.4 is 22.1 Å². The molecule has 0 saturated carbocycles. The van der Waals surface area contributed by atoms with Crippen molar-refractivity contribution < 1.29 is 19.2 Å². The second-order valence-corrected chi connectivity index (χ2v) is 8.41. The van der Waals surface area contributed by atoms with Gasteiger partial charge in [-0.3, -0.25) is 19.2 Å². The van der Waals surface area contributed by atoms with Crippen molar-refractivity contribution in [2.45, 2.75) is 51.4 Å². The zero-order valence-electron chi connectivity index (χ0n) is 19.3. The van der Waals surface area contributed by atoms with Crippen LogP contribution in [-0.2, 0) is 9.59 Å². The summed E-state index contributed by atoms with van der Waals surface area (Å²) in [6.07, 6.45) is 5.29. The molecule has 180 valence electrons. The van der Waals surface area contributed by atoms with Crippen LogP contribution in [0.4, 0.5) is 11.4 Å². The number of amides is 2. The van der Waals surface area contributed by atoms with Crippen molar-refractivity contribution in [3.8, 4) is 0 Å². The van der Waals surface area contributed by atoms with E-state index in [-0.39, 0.29) is 69.9 Å². The fourth-order valence-corrected chi connectivity index (χ4v) is 4.07. The molecule has 2 aromatic carbocycles. The van der Waals surface area contributed by atoms with Gasteiger partial charge >= 0.3 is 0 Å². The first-order valence-corrected chi connectivity index (χ1v) is 11.8. The van der Waals surface area contributed by atoms with Gasteiger partial charge in [0.2, 0.25) is 11.8 Å². The summed E-state index contributed by atoms with van der Waals surface area (Å²) in [6.45, 7) is 1.15. The Hall–Kier alpha value is -3.36.